The minimum Gasteiger partial charge on any atom is -0.356 e. The topological polar surface area (TPSA) is 55.0 Å². The van der Waals surface area contributed by atoms with Crippen LogP contribution in [0.1, 0.15) is 44.1 Å². The molecular formula is C14H24N4. The van der Waals surface area contributed by atoms with Crippen molar-refractivity contribution in [2.24, 2.45) is 11.7 Å². The average Bonchev–Trinajstić information content (AvgIpc) is 2.77. The molecule has 0 spiro atoms. The first-order valence-corrected chi connectivity index (χ1v) is 6.90. The molecule has 0 aromatic carbocycles. The quantitative estimate of drug-likeness (QED) is 0.886. The van der Waals surface area contributed by atoms with E-state index in [1.165, 1.54) is 6.42 Å². The first-order valence-electron chi connectivity index (χ1n) is 6.90. The van der Waals surface area contributed by atoms with Crippen LogP contribution in [0.15, 0.2) is 6.07 Å². The summed E-state index contributed by atoms with van der Waals surface area (Å²) in [6.07, 6.45) is 2.36. The maximum atomic E-state index is 5.64. The Kier molecular flexibility index (Phi) is 4.17. The van der Waals surface area contributed by atoms with Gasteiger partial charge >= 0.3 is 0 Å². The first kappa shape index (κ1) is 13.3. The number of aromatic nitrogens is 2. The Hall–Kier alpha value is -1.16. The van der Waals surface area contributed by atoms with Crippen LogP contribution in [0.5, 0.6) is 0 Å². The summed E-state index contributed by atoms with van der Waals surface area (Å²) in [5.41, 5.74) is 6.70. The van der Waals surface area contributed by atoms with Gasteiger partial charge in [0.15, 0.2) is 0 Å². The highest BCUT2D eigenvalue weighted by atomic mass is 15.2. The van der Waals surface area contributed by atoms with Gasteiger partial charge in [-0.15, -0.1) is 0 Å². The summed E-state index contributed by atoms with van der Waals surface area (Å²) in [5, 5.41) is 0. The van der Waals surface area contributed by atoms with Gasteiger partial charge in [-0.05, 0) is 32.2 Å². The normalized spacial score (nSPS) is 19.8. The second-order valence-corrected chi connectivity index (χ2v) is 5.56. The number of anilines is 1. The van der Waals surface area contributed by atoms with Crippen molar-refractivity contribution < 1.29 is 0 Å². The van der Waals surface area contributed by atoms with E-state index in [2.05, 4.69) is 29.8 Å². The first-order chi connectivity index (χ1) is 8.60. The van der Waals surface area contributed by atoms with E-state index < -0.39 is 0 Å². The fourth-order valence-electron chi connectivity index (χ4n) is 2.51. The summed E-state index contributed by atoms with van der Waals surface area (Å²) in [5.74, 6) is 3.15. The Labute approximate surface area is 110 Å². The lowest BCUT2D eigenvalue weighted by Crippen LogP contribution is -2.22. The monoisotopic (exact) mass is 248 g/mol. The Balaban J connectivity index is 2.14. The van der Waals surface area contributed by atoms with Gasteiger partial charge in [-0.2, -0.15) is 0 Å². The molecule has 0 radical (unpaired) electrons. The molecule has 0 aliphatic carbocycles. The fraction of sp³-hybridized carbons (Fsp3) is 0.714. The lowest BCUT2D eigenvalue weighted by molar-refractivity contribution is 0.546. The molecule has 4 nitrogen and oxygen atoms in total. The van der Waals surface area contributed by atoms with E-state index in [4.69, 9.17) is 10.7 Å². The molecule has 0 bridgehead atoms. The molecule has 2 N–H and O–H groups in total. The van der Waals surface area contributed by atoms with E-state index in [1.807, 2.05) is 6.92 Å². The van der Waals surface area contributed by atoms with E-state index in [-0.39, 0.29) is 0 Å². The summed E-state index contributed by atoms with van der Waals surface area (Å²) >= 11 is 0. The van der Waals surface area contributed by atoms with Gasteiger partial charge in [-0.1, -0.05) is 13.8 Å². The van der Waals surface area contributed by atoms with Crippen LogP contribution in [0.2, 0.25) is 0 Å². The molecule has 1 saturated heterocycles. The van der Waals surface area contributed by atoms with Gasteiger partial charge in [-0.25, -0.2) is 9.97 Å². The molecule has 1 aliphatic heterocycles. The van der Waals surface area contributed by atoms with Crippen molar-refractivity contribution >= 4 is 5.82 Å². The third-order valence-electron chi connectivity index (χ3n) is 3.56. The average molecular weight is 248 g/mol. The van der Waals surface area contributed by atoms with Gasteiger partial charge in [0.1, 0.15) is 11.6 Å². The second-order valence-electron chi connectivity index (χ2n) is 5.56. The summed E-state index contributed by atoms with van der Waals surface area (Å²) in [6, 6.07) is 2.09. The molecular weight excluding hydrogens is 224 g/mol. The molecule has 1 aliphatic rings. The Morgan fingerprint density at radius 1 is 1.44 bits per heavy atom. The zero-order valence-corrected chi connectivity index (χ0v) is 11.7. The molecule has 1 aromatic heterocycles. The minimum absolute atomic E-state index is 0.381. The van der Waals surface area contributed by atoms with E-state index in [9.17, 15) is 0 Å². The molecule has 1 aromatic rings. The van der Waals surface area contributed by atoms with Gasteiger partial charge < -0.3 is 10.6 Å². The van der Waals surface area contributed by atoms with Crippen LogP contribution in [-0.4, -0.2) is 29.6 Å². The summed E-state index contributed by atoms with van der Waals surface area (Å²) in [7, 11) is 0. The third kappa shape index (κ3) is 2.99. The highest BCUT2D eigenvalue weighted by Gasteiger charge is 2.23. The van der Waals surface area contributed by atoms with Gasteiger partial charge in [0.25, 0.3) is 0 Å². The van der Waals surface area contributed by atoms with Crippen LogP contribution in [0.4, 0.5) is 5.82 Å². The Morgan fingerprint density at radius 3 is 2.89 bits per heavy atom. The van der Waals surface area contributed by atoms with Crippen LogP contribution >= 0.6 is 0 Å². The predicted molar refractivity (Wildman–Crippen MR) is 74.8 cm³/mol. The Bertz CT molecular complexity index is 403. The summed E-state index contributed by atoms with van der Waals surface area (Å²) < 4.78 is 0. The highest BCUT2D eigenvalue weighted by molar-refractivity contribution is 5.41. The zero-order valence-electron chi connectivity index (χ0n) is 11.7. The van der Waals surface area contributed by atoms with Gasteiger partial charge in [-0.3, -0.25) is 0 Å². The molecule has 1 fully saturated rings. The molecule has 1 atom stereocenters. The van der Waals surface area contributed by atoms with E-state index >= 15 is 0 Å². The lowest BCUT2D eigenvalue weighted by atomic mass is 10.1. The van der Waals surface area contributed by atoms with Crippen LogP contribution in [0.25, 0.3) is 0 Å². The van der Waals surface area contributed by atoms with Gasteiger partial charge in [0.2, 0.25) is 0 Å². The smallest absolute Gasteiger partial charge is 0.133 e. The zero-order chi connectivity index (χ0) is 13.1. The largest absolute Gasteiger partial charge is 0.356 e. The van der Waals surface area contributed by atoms with Gasteiger partial charge in [0, 0.05) is 30.8 Å². The lowest BCUT2D eigenvalue weighted by Gasteiger charge is -2.19. The molecule has 0 amide bonds. The minimum atomic E-state index is 0.381. The predicted octanol–water partition coefficient (Wildman–Crippen LogP) is 2.08. The van der Waals surface area contributed by atoms with Crippen molar-refractivity contribution in [3.05, 3.63) is 17.6 Å². The van der Waals surface area contributed by atoms with Crippen molar-refractivity contribution in [3.8, 4) is 0 Å². The van der Waals surface area contributed by atoms with Crippen LogP contribution in [-0.2, 0) is 0 Å². The van der Waals surface area contributed by atoms with Crippen molar-refractivity contribution in [3.63, 3.8) is 0 Å². The molecule has 18 heavy (non-hydrogen) atoms. The maximum absolute atomic E-state index is 5.64. The van der Waals surface area contributed by atoms with Crippen LogP contribution in [0, 0.1) is 12.8 Å². The SMILES string of the molecule is Cc1cc(N2CCC(CCN)C2)nc(C(C)C)n1. The molecule has 4 heteroatoms. The van der Waals surface area contributed by atoms with Crippen molar-refractivity contribution in [1.82, 2.24) is 9.97 Å². The standard InChI is InChI=1S/C14H24N4/c1-10(2)14-16-11(3)8-13(17-14)18-7-5-12(9-18)4-6-15/h8,10,12H,4-7,9,15H2,1-3H3. The second kappa shape index (κ2) is 5.65. The van der Waals surface area contributed by atoms with E-state index in [1.54, 1.807) is 0 Å². The number of rotatable bonds is 4. The molecule has 2 heterocycles. The number of hydrogen-bond donors (Lipinski definition) is 1. The summed E-state index contributed by atoms with van der Waals surface area (Å²) in [4.78, 5) is 11.6. The fourth-order valence-corrected chi connectivity index (χ4v) is 2.51. The number of nitrogens with two attached hydrogens (primary N) is 1. The van der Waals surface area contributed by atoms with Crippen molar-refractivity contribution in [1.29, 1.82) is 0 Å². The molecule has 1 unspecified atom stereocenters. The third-order valence-corrected chi connectivity index (χ3v) is 3.56. The van der Waals surface area contributed by atoms with E-state index in [0.29, 0.717) is 5.92 Å². The highest BCUT2D eigenvalue weighted by Crippen LogP contribution is 2.25. The van der Waals surface area contributed by atoms with Crippen LogP contribution in [0.3, 0.4) is 0 Å². The molecule has 0 saturated carbocycles. The number of aryl methyl sites for hydroxylation is 1. The molecule has 2 rings (SSSR count). The van der Waals surface area contributed by atoms with Crippen molar-refractivity contribution in [2.75, 3.05) is 24.5 Å². The van der Waals surface area contributed by atoms with Crippen LogP contribution < -0.4 is 10.6 Å². The van der Waals surface area contributed by atoms with E-state index in [0.717, 1.165) is 49.3 Å². The molecule has 100 valence electrons. The maximum Gasteiger partial charge on any atom is 0.133 e. The number of hydrogen-bond acceptors (Lipinski definition) is 4. The van der Waals surface area contributed by atoms with Gasteiger partial charge in [0.05, 0.1) is 0 Å². The summed E-state index contributed by atoms with van der Waals surface area (Å²) in [6.45, 7) is 9.30. The van der Waals surface area contributed by atoms with Crippen molar-refractivity contribution in [2.45, 2.75) is 39.5 Å². The number of nitrogens with zero attached hydrogens (tertiary/aromatic N) is 3. The Morgan fingerprint density at radius 2 is 2.22 bits per heavy atom.